The van der Waals surface area contributed by atoms with Crippen LogP contribution < -0.4 is 9.47 Å². The van der Waals surface area contributed by atoms with Gasteiger partial charge in [-0.05, 0) is 48.1 Å². The Kier molecular flexibility index (Phi) is 6.66. The minimum Gasteiger partial charge on any atom is -0.497 e. The van der Waals surface area contributed by atoms with Gasteiger partial charge in [-0.3, -0.25) is 9.69 Å². The second-order valence-electron chi connectivity index (χ2n) is 8.32. The third-order valence-electron chi connectivity index (χ3n) is 6.40. The molecule has 0 N–H and O–H groups in total. The van der Waals surface area contributed by atoms with E-state index in [9.17, 15) is 4.79 Å². The Balaban J connectivity index is 1.32. The van der Waals surface area contributed by atoms with E-state index in [1.807, 2.05) is 59.4 Å². The molecule has 5 rings (SSSR count). The Morgan fingerprint density at radius 1 is 1.06 bits per heavy atom. The standard InChI is InChI=1S/C25H29N3O3S2/c1-30-19-5-6-21(31-2)18(15-19)16-26-10-12-27(13-11-26)24(29)23-20-7-14-32-17-22(20)33-25(23)28-8-3-4-9-28/h3-6,8-9,15H,7,10-14,16-17H2,1-2H3. The number of benzene rings is 1. The average Bonchev–Trinajstić information content (AvgIpc) is 3.52. The molecule has 2 aromatic heterocycles. The smallest absolute Gasteiger partial charge is 0.257 e. The number of amides is 1. The van der Waals surface area contributed by atoms with E-state index in [0.717, 1.165) is 78.3 Å². The molecule has 2 aliphatic heterocycles. The molecular formula is C25H29N3O3S2. The molecule has 0 spiro atoms. The number of rotatable bonds is 6. The van der Waals surface area contributed by atoms with E-state index in [4.69, 9.17) is 9.47 Å². The van der Waals surface area contributed by atoms with Gasteiger partial charge in [0.15, 0.2) is 0 Å². The maximum absolute atomic E-state index is 13.8. The fourth-order valence-electron chi connectivity index (χ4n) is 4.60. The number of nitrogens with zero attached hydrogens (tertiary/aromatic N) is 3. The van der Waals surface area contributed by atoms with Crippen LogP contribution in [0, 0.1) is 0 Å². The first-order valence-corrected chi connectivity index (χ1v) is 13.2. The van der Waals surface area contributed by atoms with Gasteiger partial charge < -0.3 is 18.9 Å². The van der Waals surface area contributed by atoms with Gasteiger partial charge in [-0.2, -0.15) is 11.8 Å². The third kappa shape index (κ3) is 4.52. The summed E-state index contributed by atoms with van der Waals surface area (Å²) in [6.45, 7) is 3.92. The number of methoxy groups -OCH3 is 2. The number of carbonyl (C=O) groups is 1. The Hall–Kier alpha value is -2.42. The van der Waals surface area contributed by atoms with Crippen LogP contribution in [-0.2, 0) is 18.7 Å². The monoisotopic (exact) mass is 483 g/mol. The first kappa shape index (κ1) is 22.4. The molecule has 1 fully saturated rings. The topological polar surface area (TPSA) is 46.9 Å². The van der Waals surface area contributed by atoms with Gasteiger partial charge in [0.05, 0.1) is 19.8 Å². The summed E-state index contributed by atoms with van der Waals surface area (Å²) in [4.78, 5) is 19.5. The summed E-state index contributed by atoms with van der Waals surface area (Å²) in [5, 5.41) is 1.07. The van der Waals surface area contributed by atoms with E-state index in [-0.39, 0.29) is 5.91 Å². The molecule has 0 atom stereocenters. The van der Waals surface area contributed by atoms with E-state index >= 15 is 0 Å². The molecule has 33 heavy (non-hydrogen) atoms. The summed E-state index contributed by atoms with van der Waals surface area (Å²) in [5.74, 6) is 3.98. The second kappa shape index (κ2) is 9.83. The van der Waals surface area contributed by atoms with Crippen molar-refractivity contribution in [3.8, 4) is 16.5 Å². The largest absolute Gasteiger partial charge is 0.497 e. The van der Waals surface area contributed by atoms with Crippen LogP contribution in [0.4, 0.5) is 0 Å². The number of fused-ring (bicyclic) bond motifs is 1. The van der Waals surface area contributed by atoms with Crippen molar-refractivity contribution in [2.45, 2.75) is 18.7 Å². The average molecular weight is 484 g/mol. The Morgan fingerprint density at radius 3 is 2.58 bits per heavy atom. The molecule has 8 heteroatoms. The first-order valence-electron chi connectivity index (χ1n) is 11.3. The molecule has 0 radical (unpaired) electrons. The normalized spacial score (nSPS) is 16.5. The molecule has 0 aliphatic carbocycles. The van der Waals surface area contributed by atoms with Crippen molar-refractivity contribution in [3.63, 3.8) is 0 Å². The summed E-state index contributed by atoms with van der Waals surface area (Å²) >= 11 is 3.74. The molecule has 174 valence electrons. The van der Waals surface area contributed by atoms with Crippen LogP contribution in [0.15, 0.2) is 42.7 Å². The summed E-state index contributed by atoms with van der Waals surface area (Å²) in [7, 11) is 3.38. The van der Waals surface area contributed by atoms with Crippen LogP contribution in [0.5, 0.6) is 11.5 Å². The maximum Gasteiger partial charge on any atom is 0.257 e. The van der Waals surface area contributed by atoms with Crippen molar-refractivity contribution in [2.24, 2.45) is 0 Å². The summed E-state index contributed by atoms with van der Waals surface area (Å²) in [5.41, 5.74) is 3.31. The van der Waals surface area contributed by atoms with E-state index in [1.165, 1.54) is 10.4 Å². The molecule has 3 aromatic rings. The van der Waals surface area contributed by atoms with Gasteiger partial charge in [0.2, 0.25) is 0 Å². The lowest BCUT2D eigenvalue weighted by atomic mass is 10.1. The van der Waals surface area contributed by atoms with Gasteiger partial charge in [0, 0.05) is 61.3 Å². The second-order valence-corrected chi connectivity index (χ2v) is 10.5. The lowest BCUT2D eigenvalue weighted by Gasteiger charge is -2.35. The van der Waals surface area contributed by atoms with Gasteiger partial charge in [0.1, 0.15) is 16.5 Å². The van der Waals surface area contributed by atoms with E-state index < -0.39 is 0 Å². The number of thioether (sulfide) groups is 1. The van der Waals surface area contributed by atoms with Crippen molar-refractivity contribution < 1.29 is 14.3 Å². The van der Waals surface area contributed by atoms with Gasteiger partial charge in [-0.1, -0.05) is 0 Å². The fourth-order valence-corrected chi connectivity index (χ4v) is 7.04. The highest BCUT2D eigenvalue weighted by atomic mass is 32.2. The Morgan fingerprint density at radius 2 is 1.85 bits per heavy atom. The number of aromatic nitrogens is 1. The maximum atomic E-state index is 13.8. The lowest BCUT2D eigenvalue weighted by Crippen LogP contribution is -2.48. The zero-order valence-electron chi connectivity index (χ0n) is 19.1. The summed E-state index contributed by atoms with van der Waals surface area (Å²) in [6.07, 6.45) is 5.07. The van der Waals surface area contributed by atoms with Crippen molar-refractivity contribution in [3.05, 3.63) is 64.3 Å². The minimum atomic E-state index is 0.182. The van der Waals surface area contributed by atoms with Crippen molar-refractivity contribution >= 4 is 29.0 Å². The zero-order valence-corrected chi connectivity index (χ0v) is 20.7. The predicted molar refractivity (Wildman–Crippen MR) is 134 cm³/mol. The molecule has 0 saturated carbocycles. The van der Waals surface area contributed by atoms with Gasteiger partial charge >= 0.3 is 0 Å². The molecule has 1 aromatic carbocycles. The van der Waals surface area contributed by atoms with E-state index in [1.54, 1.807) is 25.6 Å². The Bertz CT molecular complexity index is 1120. The summed E-state index contributed by atoms with van der Waals surface area (Å²) < 4.78 is 13.0. The SMILES string of the molecule is COc1ccc(OC)c(CN2CCN(C(=O)c3c(-n4cccc4)sc4c3CCSC4)CC2)c1. The molecule has 6 nitrogen and oxygen atoms in total. The molecule has 2 aliphatic rings. The molecule has 1 saturated heterocycles. The quantitative estimate of drug-likeness (QED) is 0.523. The van der Waals surface area contributed by atoms with Crippen LogP contribution in [0.3, 0.4) is 0 Å². The molecular weight excluding hydrogens is 454 g/mol. The number of thiophene rings is 1. The van der Waals surface area contributed by atoms with Crippen LogP contribution >= 0.6 is 23.1 Å². The predicted octanol–water partition coefficient (Wildman–Crippen LogP) is 4.30. The van der Waals surface area contributed by atoms with Crippen molar-refractivity contribution in [1.29, 1.82) is 0 Å². The molecule has 0 bridgehead atoms. The highest BCUT2D eigenvalue weighted by Crippen LogP contribution is 2.39. The fraction of sp³-hybridized carbons (Fsp3) is 0.400. The summed E-state index contributed by atoms with van der Waals surface area (Å²) in [6, 6.07) is 9.95. The van der Waals surface area contributed by atoms with Crippen LogP contribution in [0.25, 0.3) is 5.00 Å². The lowest BCUT2D eigenvalue weighted by molar-refractivity contribution is 0.0627. The van der Waals surface area contributed by atoms with E-state index in [2.05, 4.69) is 9.47 Å². The number of carbonyl (C=O) groups excluding carboxylic acids is 1. The van der Waals surface area contributed by atoms with Gasteiger partial charge in [-0.25, -0.2) is 0 Å². The Labute approximate surface area is 203 Å². The van der Waals surface area contributed by atoms with Crippen molar-refractivity contribution in [1.82, 2.24) is 14.4 Å². The molecule has 1 amide bonds. The number of piperazine rings is 1. The third-order valence-corrected chi connectivity index (χ3v) is 8.81. The van der Waals surface area contributed by atoms with Crippen molar-refractivity contribution in [2.75, 3.05) is 46.2 Å². The highest BCUT2D eigenvalue weighted by molar-refractivity contribution is 7.98. The number of hydrogen-bond acceptors (Lipinski definition) is 6. The van der Waals surface area contributed by atoms with Gasteiger partial charge in [-0.15, -0.1) is 11.3 Å². The van der Waals surface area contributed by atoms with Crippen LogP contribution in [0.2, 0.25) is 0 Å². The number of ether oxygens (including phenoxy) is 2. The van der Waals surface area contributed by atoms with Gasteiger partial charge in [0.25, 0.3) is 5.91 Å². The van der Waals surface area contributed by atoms with Crippen LogP contribution in [0.1, 0.15) is 26.4 Å². The molecule has 0 unspecified atom stereocenters. The zero-order chi connectivity index (χ0) is 22.8. The number of hydrogen-bond donors (Lipinski definition) is 0. The highest BCUT2D eigenvalue weighted by Gasteiger charge is 2.31. The minimum absolute atomic E-state index is 0.182. The first-order chi connectivity index (χ1) is 16.2. The molecule has 4 heterocycles. The van der Waals surface area contributed by atoms with Crippen LogP contribution in [-0.4, -0.2) is 66.4 Å². The van der Waals surface area contributed by atoms with E-state index in [0.29, 0.717) is 0 Å².